The summed E-state index contributed by atoms with van der Waals surface area (Å²) in [7, 11) is 2.96. The van der Waals surface area contributed by atoms with Crippen LogP contribution < -0.4 is 5.73 Å². The van der Waals surface area contributed by atoms with Crippen LogP contribution in [-0.4, -0.2) is 86.5 Å². The Morgan fingerprint density at radius 2 is 1.77 bits per heavy atom. The molecule has 4 aliphatic carbocycles. The van der Waals surface area contributed by atoms with Gasteiger partial charge in [-0.3, -0.25) is 24.2 Å². The van der Waals surface area contributed by atoms with E-state index in [9.17, 15) is 48.0 Å². The second-order valence-corrected chi connectivity index (χ2v) is 12.9. The number of phenolic OH excluding ortho intramolecular Hbond substituents is 1. The first-order valence-electron chi connectivity index (χ1n) is 14.4. The van der Waals surface area contributed by atoms with Gasteiger partial charge in [-0.15, -0.1) is 0 Å². The summed E-state index contributed by atoms with van der Waals surface area (Å²) in [6.45, 7) is 1.27. The van der Waals surface area contributed by atoms with E-state index >= 15 is 0 Å². The number of benzene rings is 1. The topological polar surface area (TPSA) is 165 Å². The molecule has 6 atom stereocenters. The number of alkyl halides is 3. The van der Waals surface area contributed by atoms with Crippen LogP contribution in [0.25, 0.3) is 0 Å². The lowest BCUT2D eigenvalue weighted by molar-refractivity contribution is -0.148. The number of aromatic hydroxyl groups is 1. The molecule has 1 aromatic carbocycles. The van der Waals surface area contributed by atoms with Crippen LogP contribution in [-0.2, 0) is 28.7 Å². The number of rotatable bonds is 4. The summed E-state index contributed by atoms with van der Waals surface area (Å²) in [4.78, 5) is 42.7. The molecular formula is C30H34F3N3O7. The van der Waals surface area contributed by atoms with Crippen LogP contribution in [0, 0.1) is 23.7 Å². The van der Waals surface area contributed by atoms with Gasteiger partial charge in [-0.25, -0.2) is 0 Å². The normalized spacial score (nSPS) is 32.7. The van der Waals surface area contributed by atoms with Crippen LogP contribution in [0.4, 0.5) is 13.2 Å². The van der Waals surface area contributed by atoms with E-state index in [0.29, 0.717) is 24.9 Å². The summed E-state index contributed by atoms with van der Waals surface area (Å²) in [5, 5.41) is 44.9. The number of aliphatic hydroxyl groups is 3. The molecule has 43 heavy (non-hydrogen) atoms. The van der Waals surface area contributed by atoms with E-state index in [4.69, 9.17) is 5.73 Å². The first kappa shape index (κ1) is 29.6. The molecule has 5 aliphatic rings. The van der Waals surface area contributed by atoms with Gasteiger partial charge in [-0.2, -0.15) is 13.2 Å². The van der Waals surface area contributed by atoms with Gasteiger partial charge in [-0.1, -0.05) is 6.42 Å². The highest BCUT2D eigenvalue weighted by Gasteiger charge is 2.63. The number of halogens is 3. The molecule has 1 saturated carbocycles. The molecule has 2 unspecified atom stereocenters. The number of phenols is 1. The molecule has 1 aromatic rings. The van der Waals surface area contributed by atoms with Gasteiger partial charge in [-0.05, 0) is 74.7 Å². The molecule has 6 rings (SSSR count). The second-order valence-electron chi connectivity index (χ2n) is 12.9. The van der Waals surface area contributed by atoms with Crippen molar-refractivity contribution in [3.63, 3.8) is 0 Å². The smallest absolute Gasteiger partial charge is 0.417 e. The quantitative estimate of drug-likeness (QED) is 0.324. The Kier molecular flexibility index (Phi) is 6.75. The Morgan fingerprint density at radius 3 is 2.33 bits per heavy atom. The molecule has 0 bridgehead atoms. The maximum absolute atomic E-state index is 14.8. The van der Waals surface area contributed by atoms with E-state index in [1.54, 1.807) is 0 Å². The summed E-state index contributed by atoms with van der Waals surface area (Å²) >= 11 is 0. The molecule has 0 aromatic heterocycles. The number of carbonyl (C=O) groups excluding carboxylic acids is 3. The van der Waals surface area contributed by atoms with Gasteiger partial charge in [0.25, 0.3) is 5.91 Å². The highest BCUT2D eigenvalue weighted by atomic mass is 19.4. The van der Waals surface area contributed by atoms with E-state index in [0.717, 1.165) is 25.3 Å². The first-order chi connectivity index (χ1) is 20.1. The molecule has 0 radical (unpaired) electrons. The van der Waals surface area contributed by atoms with E-state index in [-0.39, 0.29) is 18.5 Å². The van der Waals surface area contributed by atoms with Gasteiger partial charge in [0, 0.05) is 31.1 Å². The Bertz CT molecular complexity index is 1500. The SMILES string of the molecule is CN(C)[C@@H]1C(O)=C(C(N)=O)C(=O)[C@@]2(O)C(O)=C3C(=O)c4c(O)cc(CN5CC6CCCC6C5)c(C(F)(F)F)c4C[C@H]3C[C@@H]12. The number of primary amides is 1. The molecule has 6 N–H and O–H groups in total. The summed E-state index contributed by atoms with van der Waals surface area (Å²) < 4.78 is 44.3. The van der Waals surface area contributed by atoms with Gasteiger partial charge >= 0.3 is 6.18 Å². The minimum Gasteiger partial charge on any atom is -0.510 e. The highest BCUT2D eigenvalue weighted by Crippen LogP contribution is 2.54. The summed E-state index contributed by atoms with van der Waals surface area (Å²) in [6, 6.07) is -0.284. The average Bonchev–Trinajstić information content (AvgIpc) is 3.47. The molecule has 1 amide bonds. The number of fused-ring (bicyclic) bond motifs is 4. The Morgan fingerprint density at radius 1 is 1.14 bits per heavy atom. The maximum Gasteiger partial charge on any atom is 0.417 e. The van der Waals surface area contributed by atoms with E-state index < -0.39 is 98.7 Å². The number of amides is 1. The molecule has 0 spiro atoms. The molecular weight excluding hydrogens is 571 g/mol. The predicted molar refractivity (Wildman–Crippen MR) is 145 cm³/mol. The minimum absolute atomic E-state index is 0.0520. The zero-order valence-electron chi connectivity index (χ0n) is 23.7. The third-order valence-electron chi connectivity index (χ3n) is 10.3. The lowest BCUT2D eigenvalue weighted by Crippen LogP contribution is -2.63. The van der Waals surface area contributed by atoms with Crippen molar-refractivity contribution in [2.24, 2.45) is 29.4 Å². The Labute approximate surface area is 245 Å². The van der Waals surface area contributed by atoms with Crippen molar-refractivity contribution < 1.29 is 48.0 Å². The minimum atomic E-state index is -4.87. The van der Waals surface area contributed by atoms with E-state index in [1.165, 1.54) is 19.0 Å². The number of Topliss-reactive ketones (excluding diaryl/α,β-unsaturated/α-hetero) is 2. The van der Waals surface area contributed by atoms with Crippen LogP contribution >= 0.6 is 0 Å². The number of aliphatic hydroxyl groups excluding tert-OH is 2. The predicted octanol–water partition coefficient (Wildman–Crippen LogP) is 2.37. The van der Waals surface area contributed by atoms with Crippen molar-refractivity contribution in [2.45, 2.75) is 56.5 Å². The summed E-state index contributed by atoms with van der Waals surface area (Å²) in [5.74, 6) is -8.01. The zero-order chi connectivity index (χ0) is 31.3. The average molecular weight is 606 g/mol. The van der Waals surface area contributed by atoms with Crippen molar-refractivity contribution in [1.82, 2.24) is 9.80 Å². The lowest BCUT2D eigenvalue weighted by atomic mass is 9.58. The van der Waals surface area contributed by atoms with Crippen LogP contribution in [0.5, 0.6) is 5.75 Å². The Hall–Kier alpha value is -3.42. The number of nitrogens with zero attached hydrogens (tertiary/aromatic N) is 2. The van der Waals surface area contributed by atoms with Crippen molar-refractivity contribution in [1.29, 1.82) is 0 Å². The monoisotopic (exact) mass is 605 g/mol. The number of carbonyl (C=O) groups is 3. The fraction of sp³-hybridized carbons (Fsp3) is 0.567. The first-order valence-corrected chi connectivity index (χ1v) is 14.4. The number of likely N-dealkylation sites (tertiary alicyclic amines) is 1. The number of ketones is 2. The van der Waals surface area contributed by atoms with Gasteiger partial charge in [0.2, 0.25) is 5.78 Å². The number of nitrogens with two attached hydrogens (primary N) is 1. The van der Waals surface area contributed by atoms with Crippen molar-refractivity contribution in [3.05, 3.63) is 51.0 Å². The van der Waals surface area contributed by atoms with Gasteiger partial charge < -0.3 is 26.2 Å². The van der Waals surface area contributed by atoms with Crippen LogP contribution in [0.1, 0.15) is 52.7 Å². The Balaban J connectivity index is 1.48. The molecule has 2 fully saturated rings. The number of allylic oxidation sites excluding steroid dienone is 1. The van der Waals surface area contributed by atoms with Crippen molar-refractivity contribution in [3.8, 4) is 5.75 Å². The molecule has 10 nitrogen and oxygen atoms in total. The van der Waals surface area contributed by atoms with Crippen LogP contribution in [0.15, 0.2) is 28.7 Å². The highest BCUT2D eigenvalue weighted by molar-refractivity contribution is 6.24. The molecule has 1 heterocycles. The number of likely N-dealkylation sites (N-methyl/N-ethyl adjacent to an activating group) is 1. The maximum atomic E-state index is 14.8. The van der Waals surface area contributed by atoms with Crippen LogP contribution in [0.3, 0.4) is 0 Å². The van der Waals surface area contributed by atoms with Crippen molar-refractivity contribution in [2.75, 3.05) is 27.2 Å². The fourth-order valence-electron chi connectivity index (χ4n) is 8.57. The molecule has 232 valence electrons. The summed E-state index contributed by atoms with van der Waals surface area (Å²) in [5.41, 5.74) is -1.19. The zero-order valence-corrected chi connectivity index (χ0v) is 23.7. The standard InChI is InChI=1S/C30H34F3N3O7/c1-35(2)23-17-7-14-6-16-20(24(38)19(14)26(40)29(17,43)27(41)21(25(23)39)28(34)42)18(37)8-15(22(16)30(31,32)33)11-36-9-12-4-3-5-13(12)10-36/h8,12-14,17,23,37,39-40,43H,3-7,9-11H2,1-2H3,(H2,34,42)/t12?,13?,14-,17-,23-,29-/m0/s1. The third-order valence-corrected chi connectivity index (χ3v) is 10.3. The van der Waals surface area contributed by atoms with Gasteiger partial charge in [0.05, 0.1) is 17.2 Å². The molecule has 1 saturated heterocycles. The van der Waals surface area contributed by atoms with Crippen LogP contribution in [0.2, 0.25) is 0 Å². The second kappa shape index (κ2) is 9.80. The van der Waals surface area contributed by atoms with Crippen molar-refractivity contribution >= 4 is 17.5 Å². The molecule has 13 heteroatoms. The lowest BCUT2D eigenvalue weighted by Gasteiger charge is -2.50. The molecule has 1 aliphatic heterocycles. The number of hydrogen-bond acceptors (Lipinski definition) is 9. The van der Waals surface area contributed by atoms with Gasteiger partial charge in [0.1, 0.15) is 22.8 Å². The van der Waals surface area contributed by atoms with Gasteiger partial charge in [0.15, 0.2) is 11.4 Å². The fourth-order valence-corrected chi connectivity index (χ4v) is 8.57. The largest absolute Gasteiger partial charge is 0.510 e. The summed E-state index contributed by atoms with van der Waals surface area (Å²) in [6.07, 6.45) is -2.40. The third kappa shape index (κ3) is 4.22. The van der Waals surface area contributed by atoms with E-state index in [1.807, 2.05) is 4.90 Å². The van der Waals surface area contributed by atoms with E-state index in [2.05, 4.69) is 0 Å². The number of hydrogen-bond donors (Lipinski definition) is 5.